The van der Waals surface area contributed by atoms with Crippen LogP contribution >= 0.6 is 22.7 Å². The summed E-state index contributed by atoms with van der Waals surface area (Å²) >= 11 is 2.68. The number of thiazole rings is 1. The summed E-state index contributed by atoms with van der Waals surface area (Å²) in [5.41, 5.74) is 2.51. The molecule has 0 saturated carbocycles. The molecule has 2 N–H and O–H groups in total. The molecule has 0 amide bonds. The minimum atomic E-state index is -0.205. The minimum Gasteiger partial charge on any atom is -0.315 e. The van der Waals surface area contributed by atoms with E-state index in [0.29, 0.717) is 18.7 Å². The Labute approximate surface area is 129 Å². The zero-order chi connectivity index (χ0) is 14.7. The number of thiophene rings is 1. The maximum absolute atomic E-state index is 13.9. The fourth-order valence-corrected chi connectivity index (χ4v) is 3.37. The second-order valence-electron chi connectivity index (χ2n) is 4.57. The second-order valence-corrected chi connectivity index (χ2v) is 6.36. The number of benzene rings is 1. The lowest BCUT2D eigenvalue weighted by molar-refractivity contribution is 0.628. The van der Waals surface area contributed by atoms with E-state index in [0.717, 1.165) is 27.5 Å². The molecule has 0 radical (unpaired) electrons. The van der Waals surface area contributed by atoms with Crippen molar-refractivity contribution in [1.29, 1.82) is 0 Å². The van der Waals surface area contributed by atoms with Gasteiger partial charge in [0.05, 0.1) is 0 Å². The van der Waals surface area contributed by atoms with E-state index >= 15 is 0 Å². The summed E-state index contributed by atoms with van der Waals surface area (Å²) in [4.78, 5) is 14.7. The second kappa shape index (κ2) is 6.34. The summed E-state index contributed by atoms with van der Waals surface area (Å²) < 4.78 is 13.9. The van der Waals surface area contributed by atoms with Crippen LogP contribution < -0.4 is 10.2 Å². The van der Waals surface area contributed by atoms with Crippen molar-refractivity contribution in [2.75, 3.05) is 0 Å². The van der Waals surface area contributed by atoms with Crippen LogP contribution in [0.25, 0.3) is 10.4 Å². The van der Waals surface area contributed by atoms with E-state index in [9.17, 15) is 9.18 Å². The van der Waals surface area contributed by atoms with E-state index in [1.807, 2.05) is 23.6 Å². The van der Waals surface area contributed by atoms with Crippen molar-refractivity contribution < 1.29 is 4.39 Å². The average Bonchev–Trinajstić information content (AvgIpc) is 3.12. The maximum Gasteiger partial charge on any atom is 0.304 e. The van der Waals surface area contributed by atoms with Gasteiger partial charge in [0, 0.05) is 34.6 Å². The van der Waals surface area contributed by atoms with Gasteiger partial charge in [0.1, 0.15) is 5.82 Å². The minimum absolute atomic E-state index is 0.0476. The molecule has 0 spiro atoms. The van der Waals surface area contributed by atoms with Crippen molar-refractivity contribution in [3.8, 4) is 10.4 Å². The van der Waals surface area contributed by atoms with E-state index in [1.165, 1.54) is 17.4 Å². The first-order valence-corrected chi connectivity index (χ1v) is 8.18. The van der Waals surface area contributed by atoms with Crippen LogP contribution in [0.1, 0.15) is 11.3 Å². The van der Waals surface area contributed by atoms with E-state index in [2.05, 4.69) is 10.3 Å². The first-order chi connectivity index (χ1) is 10.2. The molecule has 1 aromatic carbocycles. The van der Waals surface area contributed by atoms with Gasteiger partial charge in [-0.3, -0.25) is 4.79 Å². The molecule has 6 heteroatoms. The van der Waals surface area contributed by atoms with Gasteiger partial charge in [0.2, 0.25) is 0 Å². The average molecular weight is 320 g/mol. The summed E-state index contributed by atoms with van der Waals surface area (Å²) in [5.74, 6) is -0.205. The molecule has 0 aliphatic rings. The normalized spacial score (nSPS) is 10.9. The van der Waals surface area contributed by atoms with Crippen molar-refractivity contribution in [3.05, 3.63) is 67.8 Å². The molecular formula is C15H13FN2OS2. The first-order valence-electron chi connectivity index (χ1n) is 6.42. The van der Waals surface area contributed by atoms with Gasteiger partial charge in [-0.1, -0.05) is 23.5 Å². The van der Waals surface area contributed by atoms with Crippen molar-refractivity contribution in [1.82, 2.24) is 10.3 Å². The number of hydrogen-bond donors (Lipinski definition) is 2. The third kappa shape index (κ3) is 3.47. The molecule has 0 aliphatic carbocycles. The molecule has 3 nitrogen and oxygen atoms in total. The largest absolute Gasteiger partial charge is 0.315 e. The summed E-state index contributed by atoms with van der Waals surface area (Å²) in [6.07, 6.45) is 0. The van der Waals surface area contributed by atoms with Crippen LogP contribution in [0.4, 0.5) is 4.39 Å². The van der Waals surface area contributed by atoms with Crippen LogP contribution in [0, 0.1) is 5.82 Å². The smallest absolute Gasteiger partial charge is 0.304 e. The third-order valence-electron chi connectivity index (χ3n) is 3.03. The molecule has 2 aromatic heterocycles. The van der Waals surface area contributed by atoms with Crippen LogP contribution in [0.2, 0.25) is 0 Å². The highest BCUT2D eigenvalue weighted by Crippen LogP contribution is 2.28. The lowest BCUT2D eigenvalue weighted by Crippen LogP contribution is -2.13. The fraction of sp³-hybridized carbons (Fsp3) is 0.133. The third-order valence-corrected chi connectivity index (χ3v) is 4.65. The van der Waals surface area contributed by atoms with Gasteiger partial charge < -0.3 is 10.3 Å². The topological polar surface area (TPSA) is 44.9 Å². The van der Waals surface area contributed by atoms with Crippen molar-refractivity contribution >= 4 is 22.7 Å². The van der Waals surface area contributed by atoms with Crippen molar-refractivity contribution in [2.45, 2.75) is 13.1 Å². The molecule has 3 aromatic rings. The highest BCUT2D eigenvalue weighted by molar-refractivity contribution is 7.13. The van der Waals surface area contributed by atoms with Crippen LogP contribution in [0.5, 0.6) is 0 Å². The van der Waals surface area contributed by atoms with E-state index in [4.69, 9.17) is 0 Å². The van der Waals surface area contributed by atoms with Crippen LogP contribution in [0.15, 0.2) is 45.9 Å². The maximum atomic E-state index is 13.9. The molecule has 3 rings (SSSR count). The zero-order valence-electron chi connectivity index (χ0n) is 11.1. The Morgan fingerprint density at radius 1 is 1.19 bits per heavy atom. The highest BCUT2D eigenvalue weighted by atomic mass is 32.1. The van der Waals surface area contributed by atoms with Gasteiger partial charge in [0.15, 0.2) is 0 Å². The van der Waals surface area contributed by atoms with E-state index in [-0.39, 0.29) is 10.7 Å². The van der Waals surface area contributed by atoms with Crippen LogP contribution in [-0.4, -0.2) is 4.98 Å². The molecule has 0 saturated heterocycles. The first kappa shape index (κ1) is 14.2. The Morgan fingerprint density at radius 2 is 2.10 bits per heavy atom. The molecular weight excluding hydrogens is 307 g/mol. The van der Waals surface area contributed by atoms with Gasteiger partial charge in [-0.15, -0.1) is 11.3 Å². The summed E-state index contributed by atoms with van der Waals surface area (Å²) in [6, 6.07) is 8.96. The predicted molar refractivity (Wildman–Crippen MR) is 85.2 cm³/mol. The molecule has 108 valence electrons. The lowest BCUT2D eigenvalue weighted by atomic mass is 10.1. The number of aromatic amines is 1. The van der Waals surface area contributed by atoms with Crippen molar-refractivity contribution in [2.24, 2.45) is 0 Å². The molecule has 0 atom stereocenters. The van der Waals surface area contributed by atoms with E-state index in [1.54, 1.807) is 11.4 Å². The molecule has 21 heavy (non-hydrogen) atoms. The number of hydrogen-bond acceptors (Lipinski definition) is 4. The Morgan fingerprint density at radius 3 is 2.81 bits per heavy atom. The SMILES string of the molecule is O=c1[nH]c(CNCc2ccc(F)c(-c3cccs3)c2)cs1. The standard InChI is InChI=1S/C15H13FN2OS2/c16-13-4-3-10(6-12(13)14-2-1-5-20-14)7-17-8-11-9-21-15(19)18-11/h1-6,9,17H,7-8H2,(H,18,19). The highest BCUT2D eigenvalue weighted by Gasteiger charge is 2.07. The van der Waals surface area contributed by atoms with Crippen molar-refractivity contribution in [3.63, 3.8) is 0 Å². The Balaban J connectivity index is 1.68. The molecule has 2 heterocycles. The number of aromatic nitrogens is 1. The fourth-order valence-electron chi connectivity index (χ4n) is 2.05. The quantitative estimate of drug-likeness (QED) is 0.754. The van der Waals surface area contributed by atoms with Gasteiger partial charge in [0.25, 0.3) is 0 Å². The number of rotatable bonds is 5. The Kier molecular flexibility index (Phi) is 4.28. The molecule has 0 unspecified atom stereocenters. The number of nitrogens with one attached hydrogen (secondary N) is 2. The van der Waals surface area contributed by atoms with Gasteiger partial charge >= 0.3 is 4.87 Å². The van der Waals surface area contributed by atoms with Gasteiger partial charge in [-0.05, 0) is 29.1 Å². The van der Waals surface area contributed by atoms with Gasteiger partial charge in [-0.2, -0.15) is 0 Å². The van der Waals surface area contributed by atoms with E-state index < -0.39 is 0 Å². The van der Waals surface area contributed by atoms with Gasteiger partial charge in [-0.25, -0.2) is 4.39 Å². The Bertz CT molecular complexity index is 777. The molecule has 0 aliphatic heterocycles. The Hall–Kier alpha value is -1.76. The molecule has 0 fully saturated rings. The summed E-state index contributed by atoms with van der Waals surface area (Å²) in [6.45, 7) is 1.21. The van der Waals surface area contributed by atoms with Crippen LogP contribution in [0.3, 0.4) is 0 Å². The monoisotopic (exact) mass is 320 g/mol. The van der Waals surface area contributed by atoms with Crippen LogP contribution in [-0.2, 0) is 13.1 Å². The number of halogens is 1. The zero-order valence-corrected chi connectivity index (χ0v) is 12.7. The number of H-pyrrole nitrogens is 1. The molecule has 0 bridgehead atoms. The predicted octanol–water partition coefficient (Wildman–Crippen LogP) is 3.59. The summed E-state index contributed by atoms with van der Waals surface area (Å²) in [7, 11) is 0. The summed E-state index contributed by atoms with van der Waals surface area (Å²) in [5, 5.41) is 6.98. The lowest BCUT2D eigenvalue weighted by Gasteiger charge is -2.07.